The molecule has 1 aliphatic rings. The van der Waals surface area contributed by atoms with Crippen molar-refractivity contribution < 1.29 is 9.21 Å². The minimum absolute atomic E-state index is 0.0993. The number of carbonyl (C=O) groups is 1. The number of amides is 1. The first kappa shape index (κ1) is 12.5. The number of carbonyl (C=O) groups excluding carboxylic acids is 1. The molecule has 1 fully saturated rings. The van der Waals surface area contributed by atoms with Crippen molar-refractivity contribution in [3.63, 3.8) is 0 Å². The van der Waals surface area contributed by atoms with Crippen molar-refractivity contribution in [2.75, 3.05) is 12.4 Å². The molecule has 1 aromatic heterocycles. The molecule has 0 radical (unpaired) electrons. The Morgan fingerprint density at radius 3 is 2.94 bits per heavy atom. The average molecular weight is 256 g/mol. The Labute approximate surface area is 107 Å². The highest BCUT2D eigenvalue weighted by molar-refractivity contribution is 6.17. The molecule has 1 N–H and O–H groups in total. The molecule has 0 aliphatic heterocycles. The minimum Gasteiger partial charge on any atom is -0.469 e. The molecule has 0 saturated heterocycles. The molecule has 94 valence electrons. The van der Waals surface area contributed by atoms with E-state index < -0.39 is 0 Å². The number of halogens is 1. The van der Waals surface area contributed by atoms with Gasteiger partial charge in [-0.25, -0.2) is 0 Å². The quantitative estimate of drug-likeness (QED) is 0.762. The van der Waals surface area contributed by atoms with Gasteiger partial charge in [-0.1, -0.05) is 0 Å². The average Bonchev–Trinajstić information content (AvgIpc) is 2.90. The van der Waals surface area contributed by atoms with E-state index in [1.807, 2.05) is 12.1 Å². The molecule has 2 rings (SSSR count). The Balaban J connectivity index is 1.64. The molecular formula is C13H18ClNO2. The van der Waals surface area contributed by atoms with E-state index >= 15 is 0 Å². The summed E-state index contributed by atoms with van der Waals surface area (Å²) in [5.41, 5.74) is 0.308. The van der Waals surface area contributed by atoms with Crippen LogP contribution in [0.3, 0.4) is 0 Å². The number of hydrogen-bond acceptors (Lipinski definition) is 2. The summed E-state index contributed by atoms with van der Waals surface area (Å²) >= 11 is 5.74. The lowest BCUT2D eigenvalue weighted by Crippen LogP contribution is -2.30. The van der Waals surface area contributed by atoms with Crippen molar-refractivity contribution >= 4 is 17.5 Å². The predicted molar refractivity (Wildman–Crippen MR) is 67.0 cm³/mol. The first-order valence-electron chi connectivity index (χ1n) is 6.09. The molecule has 4 heteroatoms. The highest BCUT2D eigenvalue weighted by Gasteiger charge is 2.41. The fraction of sp³-hybridized carbons (Fsp3) is 0.615. The smallest absolute Gasteiger partial charge is 0.220 e. The van der Waals surface area contributed by atoms with Crippen molar-refractivity contribution in [1.29, 1.82) is 0 Å². The van der Waals surface area contributed by atoms with Crippen LogP contribution < -0.4 is 5.32 Å². The van der Waals surface area contributed by atoms with Crippen LogP contribution in [0.2, 0.25) is 0 Å². The lowest BCUT2D eigenvalue weighted by atomic mass is 10.0. The van der Waals surface area contributed by atoms with Gasteiger partial charge in [0.15, 0.2) is 0 Å². The maximum atomic E-state index is 11.6. The minimum atomic E-state index is 0.0993. The van der Waals surface area contributed by atoms with Gasteiger partial charge in [0, 0.05) is 25.3 Å². The first-order valence-corrected chi connectivity index (χ1v) is 6.63. The van der Waals surface area contributed by atoms with Crippen LogP contribution in [-0.4, -0.2) is 18.3 Å². The van der Waals surface area contributed by atoms with E-state index in [2.05, 4.69) is 5.32 Å². The van der Waals surface area contributed by atoms with Crippen LogP contribution in [0, 0.1) is 5.41 Å². The third-order valence-electron chi connectivity index (χ3n) is 3.42. The number of rotatable bonds is 7. The summed E-state index contributed by atoms with van der Waals surface area (Å²) in [7, 11) is 0. The highest BCUT2D eigenvalue weighted by Crippen LogP contribution is 2.48. The Hall–Kier alpha value is -0.960. The van der Waals surface area contributed by atoms with E-state index in [4.69, 9.17) is 16.0 Å². The van der Waals surface area contributed by atoms with Gasteiger partial charge in [-0.15, -0.1) is 11.6 Å². The van der Waals surface area contributed by atoms with E-state index in [-0.39, 0.29) is 5.91 Å². The summed E-state index contributed by atoms with van der Waals surface area (Å²) in [4.78, 5) is 11.6. The van der Waals surface area contributed by atoms with Crippen LogP contribution in [0.1, 0.15) is 31.4 Å². The zero-order valence-electron chi connectivity index (χ0n) is 9.88. The number of hydrogen-bond donors (Lipinski definition) is 1. The largest absolute Gasteiger partial charge is 0.469 e. The summed E-state index contributed by atoms with van der Waals surface area (Å²) in [5.74, 6) is 1.65. The SMILES string of the molecule is O=C(CCc1ccco1)NCC1(CCCl)CC1. The van der Waals surface area contributed by atoms with Crippen molar-refractivity contribution in [2.24, 2.45) is 5.41 Å². The van der Waals surface area contributed by atoms with Crippen molar-refractivity contribution in [3.05, 3.63) is 24.2 Å². The van der Waals surface area contributed by atoms with Crippen LogP contribution in [0.15, 0.2) is 22.8 Å². The lowest BCUT2D eigenvalue weighted by Gasteiger charge is -2.14. The van der Waals surface area contributed by atoms with Crippen LogP contribution in [-0.2, 0) is 11.2 Å². The van der Waals surface area contributed by atoms with E-state index in [1.54, 1.807) is 6.26 Å². The highest BCUT2D eigenvalue weighted by atomic mass is 35.5. The number of nitrogens with one attached hydrogen (secondary N) is 1. The van der Waals surface area contributed by atoms with Crippen LogP contribution in [0.5, 0.6) is 0 Å². The zero-order chi connectivity index (χ0) is 12.1. The van der Waals surface area contributed by atoms with Gasteiger partial charge in [0.2, 0.25) is 5.91 Å². The van der Waals surface area contributed by atoms with Gasteiger partial charge < -0.3 is 9.73 Å². The third-order valence-corrected chi connectivity index (χ3v) is 3.61. The molecule has 1 amide bonds. The maximum Gasteiger partial charge on any atom is 0.220 e. The number of aryl methyl sites for hydroxylation is 1. The second-order valence-electron chi connectivity index (χ2n) is 4.80. The molecule has 1 aliphatic carbocycles. The van der Waals surface area contributed by atoms with Crippen molar-refractivity contribution in [2.45, 2.75) is 32.1 Å². The molecule has 0 unspecified atom stereocenters. The van der Waals surface area contributed by atoms with Gasteiger partial charge >= 0.3 is 0 Å². The van der Waals surface area contributed by atoms with E-state index in [1.165, 1.54) is 12.8 Å². The Morgan fingerprint density at radius 1 is 1.53 bits per heavy atom. The van der Waals surface area contributed by atoms with E-state index in [9.17, 15) is 4.79 Å². The number of furan rings is 1. The molecule has 0 spiro atoms. The van der Waals surface area contributed by atoms with Gasteiger partial charge in [0.1, 0.15) is 5.76 Å². The summed E-state index contributed by atoms with van der Waals surface area (Å²) in [5, 5.41) is 2.99. The molecule has 0 bridgehead atoms. The third kappa shape index (κ3) is 3.77. The Kier molecular flexibility index (Phi) is 4.11. The molecule has 1 heterocycles. The topological polar surface area (TPSA) is 42.2 Å². The van der Waals surface area contributed by atoms with Gasteiger partial charge in [-0.05, 0) is 36.8 Å². The molecule has 1 saturated carbocycles. The fourth-order valence-corrected chi connectivity index (χ4v) is 2.36. The normalized spacial score (nSPS) is 16.8. The summed E-state index contributed by atoms with van der Waals surface area (Å²) in [6.07, 6.45) is 6.18. The monoisotopic (exact) mass is 255 g/mol. The molecular weight excluding hydrogens is 238 g/mol. The van der Waals surface area contributed by atoms with Gasteiger partial charge in [-0.2, -0.15) is 0 Å². The maximum absolute atomic E-state index is 11.6. The molecule has 3 nitrogen and oxygen atoms in total. The standard InChI is InChI=1S/C13H18ClNO2/c14-8-7-13(5-6-13)10-15-12(16)4-3-11-2-1-9-17-11/h1-2,9H,3-8,10H2,(H,15,16). The molecule has 0 atom stereocenters. The fourth-order valence-electron chi connectivity index (χ4n) is 1.96. The van der Waals surface area contributed by atoms with Crippen LogP contribution in [0.4, 0.5) is 0 Å². The summed E-state index contributed by atoms with van der Waals surface area (Å²) < 4.78 is 5.18. The zero-order valence-corrected chi connectivity index (χ0v) is 10.6. The van der Waals surface area contributed by atoms with Gasteiger partial charge in [0.05, 0.1) is 6.26 Å². The van der Waals surface area contributed by atoms with Gasteiger partial charge in [0.25, 0.3) is 0 Å². The molecule has 0 aromatic carbocycles. The molecule has 1 aromatic rings. The molecule has 17 heavy (non-hydrogen) atoms. The van der Waals surface area contributed by atoms with Gasteiger partial charge in [-0.3, -0.25) is 4.79 Å². The van der Waals surface area contributed by atoms with E-state index in [0.29, 0.717) is 24.1 Å². The van der Waals surface area contributed by atoms with Crippen LogP contribution in [0.25, 0.3) is 0 Å². The Morgan fingerprint density at radius 2 is 2.35 bits per heavy atom. The second kappa shape index (κ2) is 5.58. The van der Waals surface area contributed by atoms with Crippen LogP contribution >= 0.6 is 11.6 Å². The number of alkyl halides is 1. The van der Waals surface area contributed by atoms with Crippen molar-refractivity contribution in [3.8, 4) is 0 Å². The predicted octanol–water partition coefficient (Wildman–Crippen LogP) is 2.74. The summed E-state index contributed by atoms with van der Waals surface area (Å²) in [6, 6.07) is 3.73. The van der Waals surface area contributed by atoms with Crippen molar-refractivity contribution in [1.82, 2.24) is 5.32 Å². The summed E-state index contributed by atoms with van der Waals surface area (Å²) in [6.45, 7) is 0.775. The lowest BCUT2D eigenvalue weighted by molar-refractivity contribution is -0.121. The Bertz CT molecular complexity index is 358. The second-order valence-corrected chi connectivity index (χ2v) is 5.17. The first-order chi connectivity index (χ1) is 8.24. The van der Waals surface area contributed by atoms with E-state index in [0.717, 1.165) is 18.7 Å².